The highest BCUT2D eigenvalue weighted by atomic mass is 14.7. The van der Waals surface area contributed by atoms with Crippen molar-refractivity contribution in [2.45, 2.75) is 74.8 Å². The highest BCUT2D eigenvalue weighted by Gasteiger charge is 2.32. The summed E-state index contributed by atoms with van der Waals surface area (Å²) in [6.07, 6.45) is 0. The van der Waals surface area contributed by atoms with E-state index in [4.69, 9.17) is 5.73 Å². The van der Waals surface area contributed by atoms with Gasteiger partial charge in [-0.2, -0.15) is 0 Å². The van der Waals surface area contributed by atoms with Crippen LogP contribution in [0.3, 0.4) is 0 Å². The minimum atomic E-state index is -0.496. The van der Waals surface area contributed by atoms with E-state index in [0.29, 0.717) is 0 Å². The summed E-state index contributed by atoms with van der Waals surface area (Å²) in [5.74, 6) is 0. The molecule has 0 fully saturated rings. The molecule has 1 heteroatoms. The first-order valence-corrected chi connectivity index (χ1v) is 8.87. The lowest BCUT2D eigenvalue weighted by Gasteiger charge is -2.35. The Morgan fingerprint density at radius 1 is 0.542 bits per heavy atom. The normalized spacial score (nSPS) is 14.0. The van der Waals surface area contributed by atoms with E-state index in [1.807, 2.05) is 0 Å². The maximum Gasteiger partial charge on any atom is 0.0647 e. The fraction of sp³-hybridized carbons (Fsp3) is 0.478. The number of hydrogen-bond acceptors (Lipinski definition) is 1. The number of rotatable bonds is 2. The van der Waals surface area contributed by atoms with Crippen LogP contribution in [0.1, 0.15) is 68.1 Å². The molecule has 0 bridgehead atoms. The molecule has 24 heavy (non-hydrogen) atoms. The van der Waals surface area contributed by atoms with Crippen LogP contribution in [0.4, 0.5) is 0 Å². The van der Waals surface area contributed by atoms with Gasteiger partial charge in [0.1, 0.15) is 0 Å². The maximum absolute atomic E-state index is 7.07. The van der Waals surface area contributed by atoms with E-state index >= 15 is 0 Å². The summed E-state index contributed by atoms with van der Waals surface area (Å²) in [7, 11) is 0. The molecule has 0 aliphatic carbocycles. The minimum Gasteiger partial charge on any atom is -0.318 e. The van der Waals surface area contributed by atoms with Gasteiger partial charge in [-0.25, -0.2) is 0 Å². The highest BCUT2D eigenvalue weighted by Crippen LogP contribution is 2.39. The Morgan fingerprint density at radius 3 is 1.38 bits per heavy atom. The number of benzene rings is 2. The second-order valence-corrected chi connectivity index (χ2v) is 7.84. The van der Waals surface area contributed by atoms with Crippen molar-refractivity contribution in [1.29, 1.82) is 0 Å². The Balaban J connectivity index is 2.91. The van der Waals surface area contributed by atoms with Crippen molar-refractivity contribution < 1.29 is 0 Å². The summed E-state index contributed by atoms with van der Waals surface area (Å²) in [4.78, 5) is 0. The van der Waals surface area contributed by atoms with E-state index in [9.17, 15) is 0 Å². The van der Waals surface area contributed by atoms with Crippen LogP contribution in [0.5, 0.6) is 0 Å². The van der Waals surface area contributed by atoms with Crippen LogP contribution >= 0.6 is 0 Å². The average Bonchev–Trinajstić information content (AvgIpc) is 2.48. The average molecular weight is 324 g/mol. The molecule has 0 aliphatic heterocycles. The summed E-state index contributed by atoms with van der Waals surface area (Å²) in [5, 5.41) is 0. The van der Waals surface area contributed by atoms with Gasteiger partial charge in [-0.05, 0) is 130 Å². The van der Waals surface area contributed by atoms with Crippen molar-refractivity contribution in [1.82, 2.24) is 0 Å². The molecular weight excluding hydrogens is 290 g/mol. The third kappa shape index (κ3) is 2.59. The predicted octanol–water partition coefficient (Wildman–Crippen LogP) is 5.68. The Hall–Kier alpha value is -1.60. The van der Waals surface area contributed by atoms with Gasteiger partial charge >= 0.3 is 0 Å². The molecule has 1 atom stereocenters. The first kappa shape index (κ1) is 18.7. The van der Waals surface area contributed by atoms with Crippen LogP contribution < -0.4 is 5.73 Å². The molecule has 2 aromatic rings. The first-order valence-electron chi connectivity index (χ1n) is 8.87. The van der Waals surface area contributed by atoms with Gasteiger partial charge in [0.15, 0.2) is 0 Å². The van der Waals surface area contributed by atoms with Gasteiger partial charge in [0.2, 0.25) is 0 Å². The largest absolute Gasteiger partial charge is 0.318 e. The Bertz CT molecular complexity index is 794. The van der Waals surface area contributed by atoms with Crippen molar-refractivity contribution in [2.75, 3.05) is 0 Å². The van der Waals surface area contributed by atoms with Gasteiger partial charge in [0.25, 0.3) is 0 Å². The SMILES string of the molecule is Cc1cc(C)c(C(C)(N)c2c(C)c(C)c(C)c(C)c2C)c(C)c1C. The van der Waals surface area contributed by atoms with Gasteiger partial charge < -0.3 is 5.73 Å². The fourth-order valence-corrected chi connectivity index (χ4v) is 4.49. The molecule has 2 N–H and O–H groups in total. The van der Waals surface area contributed by atoms with E-state index in [2.05, 4.69) is 75.3 Å². The lowest BCUT2D eigenvalue weighted by atomic mass is 9.73. The van der Waals surface area contributed by atoms with Crippen LogP contribution in [0.15, 0.2) is 6.07 Å². The Kier molecular flexibility index (Phi) is 4.71. The maximum atomic E-state index is 7.07. The van der Waals surface area contributed by atoms with E-state index in [0.717, 1.165) is 0 Å². The minimum absolute atomic E-state index is 0.496. The van der Waals surface area contributed by atoms with Gasteiger partial charge in [-0.3, -0.25) is 0 Å². The van der Waals surface area contributed by atoms with Crippen molar-refractivity contribution in [3.05, 3.63) is 67.3 Å². The zero-order chi connectivity index (χ0) is 18.6. The molecular formula is C23H33N. The molecule has 1 nitrogen and oxygen atoms in total. The topological polar surface area (TPSA) is 26.0 Å². The molecule has 0 amide bonds. The molecule has 1 unspecified atom stereocenters. The molecule has 0 saturated heterocycles. The van der Waals surface area contributed by atoms with Crippen molar-refractivity contribution in [3.8, 4) is 0 Å². The summed E-state index contributed by atoms with van der Waals surface area (Å²) < 4.78 is 0. The molecule has 0 radical (unpaired) electrons. The quantitative estimate of drug-likeness (QED) is 0.755. The molecule has 0 aliphatic rings. The van der Waals surface area contributed by atoms with Crippen molar-refractivity contribution in [3.63, 3.8) is 0 Å². The Labute approximate surface area is 148 Å². The molecule has 0 spiro atoms. The number of aryl methyl sites for hydroxylation is 2. The molecule has 0 heterocycles. The fourth-order valence-electron chi connectivity index (χ4n) is 4.49. The molecule has 2 aromatic carbocycles. The van der Waals surface area contributed by atoms with Crippen molar-refractivity contribution in [2.24, 2.45) is 5.73 Å². The molecule has 0 aromatic heterocycles. The number of nitrogens with two attached hydrogens (primary N) is 1. The van der Waals surface area contributed by atoms with Crippen LogP contribution in [0.2, 0.25) is 0 Å². The lowest BCUT2D eigenvalue weighted by Crippen LogP contribution is -2.38. The summed E-state index contributed by atoms with van der Waals surface area (Å²) >= 11 is 0. The van der Waals surface area contributed by atoms with Crippen molar-refractivity contribution >= 4 is 0 Å². The van der Waals surface area contributed by atoms with Gasteiger partial charge in [0, 0.05) is 0 Å². The van der Waals surface area contributed by atoms with Crippen LogP contribution in [-0.4, -0.2) is 0 Å². The predicted molar refractivity (Wildman–Crippen MR) is 106 cm³/mol. The molecule has 2 rings (SSSR count). The zero-order valence-electron chi connectivity index (χ0n) is 17.2. The van der Waals surface area contributed by atoms with E-state index < -0.39 is 5.54 Å². The van der Waals surface area contributed by atoms with E-state index in [1.54, 1.807) is 0 Å². The second-order valence-electron chi connectivity index (χ2n) is 7.84. The molecule has 130 valence electrons. The third-order valence-corrected chi connectivity index (χ3v) is 6.40. The van der Waals surface area contributed by atoms with E-state index in [-0.39, 0.29) is 0 Å². The summed E-state index contributed by atoms with van der Waals surface area (Å²) in [6, 6.07) is 2.28. The standard InChI is InChI=1S/C23H33N/c1-12-11-13(2)21(18(7)14(12)3)23(10,24)22-19(8)16(5)15(4)17(6)20(22)9/h11H,24H2,1-10H3. The zero-order valence-corrected chi connectivity index (χ0v) is 17.2. The van der Waals surface area contributed by atoms with E-state index in [1.165, 1.54) is 61.2 Å². The Morgan fingerprint density at radius 2 is 0.917 bits per heavy atom. The lowest BCUT2D eigenvalue weighted by molar-refractivity contribution is 0.583. The summed E-state index contributed by atoms with van der Waals surface area (Å²) in [6.45, 7) is 22.1. The van der Waals surface area contributed by atoms with Crippen LogP contribution in [-0.2, 0) is 5.54 Å². The first-order chi connectivity index (χ1) is 10.9. The van der Waals surface area contributed by atoms with Crippen LogP contribution in [0, 0.1) is 62.3 Å². The van der Waals surface area contributed by atoms with Crippen LogP contribution in [0.25, 0.3) is 0 Å². The smallest absolute Gasteiger partial charge is 0.0647 e. The second kappa shape index (κ2) is 6.04. The van der Waals surface area contributed by atoms with Gasteiger partial charge in [-0.15, -0.1) is 0 Å². The third-order valence-electron chi connectivity index (χ3n) is 6.40. The number of hydrogen-bond donors (Lipinski definition) is 1. The highest BCUT2D eigenvalue weighted by molar-refractivity contribution is 5.58. The monoisotopic (exact) mass is 323 g/mol. The van der Waals surface area contributed by atoms with Gasteiger partial charge in [0.05, 0.1) is 5.54 Å². The summed E-state index contributed by atoms with van der Waals surface area (Å²) in [5.41, 5.74) is 21.2. The molecule has 0 saturated carbocycles. The van der Waals surface area contributed by atoms with Gasteiger partial charge in [-0.1, -0.05) is 6.07 Å².